The van der Waals surface area contributed by atoms with Gasteiger partial charge in [-0.1, -0.05) is 0 Å². The van der Waals surface area contributed by atoms with Crippen molar-refractivity contribution in [3.8, 4) is 0 Å². The van der Waals surface area contributed by atoms with E-state index in [2.05, 4.69) is 12.9 Å². The molecule has 0 saturated heterocycles. The molecule has 0 aromatic rings. The molecule has 0 aliphatic carbocycles. The molecule has 0 N–H and O–H groups in total. The van der Waals surface area contributed by atoms with Crippen LogP contribution in [0.5, 0.6) is 0 Å². The fourth-order valence-electron chi connectivity index (χ4n) is 0.367. The largest absolute Gasteiger partial charge is 3.00 e. The van der Waals surface area contributed by atoms with Gasteiger partial charge in [0, 0.05) is 0 Å². The van der Waals surface area contributed by atoms with Gasteiger partial charge in [-0.2, -0.15) is 0 Å². The first-order chi connectivity index (χ1) is 11.1. The molecule has 31 heavy (non-hydrogen) atoms. The van der Waals surface area contributed by atoms with E-state index in [0.29, 0.717) is 0 Å². The van der Waals surface area contributed by atoms with Crippen molar-refractivity contribution < 1.29 is 262 Å². The molecular formula is Nd4O21P6. The molecule has 0 atom stereocenters. The van der Waals surface area contributed by atoms with Crippen molar-refractivity contribution in [2.75, 3.05) is 0 Å². The second-order valence-corrected chi connectivity index (χ2v) is 10.3. The average molecular weight is 1100 g/mol. The summed E-state index contributed by atoms with van der Waals surface area (Å²) in [7, 11) is -34.1. The van der Waals surface area contributed by atoms with Gasteiger partial charge in [0.2, 0.25) is 0 Å². The fourth-order valence-corrected chi connectivity index (χ4v) is 3.31. The molecule has 0 aromatic carbocycles. The Morgan fingerprint density at radius 2 is 0.355 bits per heavy atom. The van der Waals surface area contributed by atoms with Gasteiger partial charge in [0.15, 0.2) is 0 Å². The van der Waals surface area contributed by atoms with Gasteiger partial charge in [0.25, 0.3) is 0 Å². The summed E-state index contributed by atoms with van der Waals surface area (Å²) in [5, 5.41) is 0. The van der Waals surface area contributed by atoms with E-state index in [9.17, 15) is 86.1 Å². The second-order valence-electron chi connectivity index (χ2n) is 2.93. The molecule has 0 unspecified atom stereocenters. The Bertz CT molecular complexity index is 559. The van der Waals surface area contributed by atoms with Crippen molar-refractivity contribution in [3.63, 3.8) is 0 Å². The minimum absolute atomic E-state index is 0. The zero-order valence-electron chi connectivity index (χ0n) is 13.3. The van der Waals surface area contributed by atoms with Gasteiger partial charge >= 0.3 is 163 Å². The minimum Gasteiger partial charge on any atom is -0.790 e. The zero-order valence-corrected chi connectivity index (χ0v) is 31.5. The maximum Gasteiger partial charge on any atom is 3.00 e. The Balaban J connectivity index is -0.0000000524. The maximum absolute atomic E-state index is 9.32. The van der Waals surface area contributed by atoms with E-state index in [-0.39, 0.29) is 163 Å². The van der Waals surface area contributed by atoms with Crippen LogP contribution < -0.4 is 58.7 Å². The molecule has 0 rings (SSSR count). The number of phosphoric acid groups is 6. The summed E-state index contributed by atoms with van der Waals surface area (Å²) in [4.78, 5) is 112. The molecule has 0 spiro atoms. The van der Waals surface area contributed by atoms with Gasteiger partial charge in [-0.3, -0.25) is 0 Å². The summed E-state index contributed by atoms with van der Waals surface area (Å²) in [6, 6.07) is 0. The summed E-state index contributed by atoms with van der Waals surface area (Å²) in [6.45, 7) is 0. The van der Waals surface area contributed by atoms with E-state index in [4.69, 9.17) is 0 Å². The fraction of sp³-hybridized carbons (Fsp3) is 0. The normalized spacial score (nSPS) is 12.0. The Kier molecular flexibility index (Phi) is 37.8. The molecule has 0 aliphatic rings. The smallest absolute Gasteiger partial charge is 0.790 e. The van der Waals surface area contributed by atoms with Crippen LogP contribution in [0.2, 0.25) is 0 Å². The molecule has 4 radical (unpaired) electrons. The first kappa shape index (κ1) is 53.4. The van der Waals surface area contributed by atoms with Crippen molar-refractivity contribution >= 4 is 46.9 Å². The monoisotopic (exact) mass is 1090 g/mol. The van der Waals surface area contributed by atoms with E-state index in [1.807, 2.05) is 0 Å². The Morgan fingerprint density at radius 3 is 0.355 bits per heavy atom. The minimum atomic E-state index is -5.68. The molecule has 0 fully saturated rings. The van der Waals surface area contributed by atoms with Gasteiger partial charge in [0.1, 0.15) is 0 Å². The number of rotatable bonds is 6. The number of hydrogen-bond donors (Lipinski definition) is 0. The summed E-state index contributed by atoms with van der Waals surface area (Å²) in [5.74, 6) is 0. The van der Waals surface area contributed by atoms with Crippen LogP contribution in [0.4, 0.5) is 0 Å². The van der Waals surface area contributed by atoms with Gasteiger partial charge in [-0.05, 0) is 0 Å². The van der Waals surface area contributed by atoms with Crippen LogP contribution in [-0.2, 0) is 40.3 Å². The van der Waals surface area contributed by atoms with Crippen LogP contribution in [-0.4, -0.2) is 0 Å². The predicted molar refractivity (Wildman–Crippen MR) is 48.9 cm³/mol. The van der Waals surface area contributed by atoms with Crippen molar-refractivity contribution in [2.24, 2.45) is 0 Å². The zero-order chi connectivity index (χ0) is 23.1. The predicted octanol–water partition coefficient (Wildman–Crippen LogP) is -10.0. The van der Waals surface area contributed by atoms with E-state index < -0.39 is 46.9 Å². The van der Waals surface area contributed by atoms with Crippen molar-refractivity contribution in [3.05, 3.63) is 0 Å². The van der Waals surface area contributed by atoms with E-state index in [0.717, 1.165) is 0 Å². The standard InChI is InChI=1S/4Nd.3H4O7P2/c;;;;3*1-8(2,3)7-9(4,5)6/h;;;;3*(H2,1,2,3)(H2,4,5,6)/q4*+3;;;/p-12. The topological polar surface area (TPSA) is 407 Å². The van der Waals surface area contributed by atoms with Crippen LogP contribution in [0.1, 0.15) is 0 Å². The summed E-state index contributed by atoms with van der Waals surface area (Å²) in [5.41, 5.74) is 0. The Hall–Kier alpha value is 6.18. The first-order valence-corrected chi connectivity index (χ1v) is 13.1. The van der Waals surface area contributed by atoms with Crippen LogP contribution in [0.15, 0.2) is 0 Å². The molecule has 31 heteroatoms. The van der Waals surface area contributed by atoms with Crippen LogP contribution >= 0.6 is 46.9 Å². The SMILES string of the molecule is O=P([O-])([O-])OP(=O)([O-])[O-].O=P([O-])([O-])OP(=O)([O-])[O-].O=P([O-])([O-])OP(=O)([O-])[O-].[Nd+3].[Nd+3].[Nd+3].[Nd+3]. The third-order valence-corrected chi connectivity index (χ3v) is 5.40. The van der Waals surface area contributed by atoms with Crippen molar-refractivity contribution in [1.29, 1.82) is 0 Å². The summed E-state index contributed by atoms with van der Waals surface area (Å²) < 4.78 is 63.5. The molecular weight excluding hydrogens is 1100 g/mol. The summed E-state index contributed by atoms with van der Waals surface area (Å²) in [6.07, 6.45) is 0. The van der Waals surface area contributed by atoms with Gasteiger partial charge in [0.05, 0.1) is 46.9 Å². The molecule has 0 aromatic heterocycles. The molecule has 0 heterocycles. The quantitative estimate of drug-likeness (QED) is 0.223. The third kappa shape index (κ3) is 72.3. The van der Waals surface area contributed by atoms with Crippen molar-refractivity contribution in [1.82, 2.24) is 0 Å². The van der Waals surface area contributed by atoms with Gasteiger partial charge in [-0.15, -0.1) is 0 Å². The first-order valence-electron chi connectivity index (χ1n) is 4.38. The van der Waals surface area contributed by atoms with E-state index >= 15 is 0 Å². The molecule has 0 bridgehead atoms. The Morgan fingerprint density at radius 1 is 0.290 bits per heavy atom. The number of hydrogen-bond acceptors (Lipinski definition) is 21. The average Bonchev–Trinajstić information content (AvgIpc) is 1.96. The second kappa shape index (κ2) is 21.9. The van der Waals surface area contributed by atoms with Crippen LogP contribution in [0, 0.1) is 163 Å². The van der Waals surface area contributed by atoms with Crippen LogP contribution in [0.3, 0.4) is 0 Å². The molecule has 172 valence electrons. The van der Waals surface area contributed by atoms with E-state index in [1.165, 1.54) is 0 Å². The molecule has 0 saturated carbocycles. The van der Waals surface area contributed by atoms with Crippen molar-refractivity contribution in [2.45, 2.75) is 0 Å². The molecule has 0 aliphatic heterocycles. The van der Waals surface area contributed by atoms with E-state index in [1.54, 1.807) is 0 Å². The maximum atomic E-state index is 9.32. The molecule has 0 amide bonds. The van der Waals surface area contributed by atoms with Gasteiger partial charge < -0.3 is 99.0 Å². The van der Waals surface area contributed by atoms with Crippen LogP contribution in [0.25, 0.3) is 0 Å². The molecule has 21 nitrogen and oxygen atoms in total. The third-order valence-electron chi connectivity index (χ3n) is 0.600. The van der Waals surface area contributed by atoms with Gasteiger partial charge in [-0.25, -0.2) is 0 Å². The summed E-state index contributed by atoms with van der Waals surface area (Å²) >= 11 is 0. The Labute approximate surface area is 303 Å².